The Morgan fingerprint density at radius 2 is 1.93 bits per heavy atom. The zero-order chi connectivity index (χ0) is 11.1. The van der Waals surface area contributed by atoms with E-state index in [4.69, 9.17) is 4.84 Å². The zero-order valence-corrected chi connectivity index (χ0v) is 9.53. The van der Waals surface area contributed by atoms with Crippen LogP contribution in [-0.4, -0.2) is 27.7 Å². The minimum absolute atomic E-state index is 0.575. The van der Waals surface area contributed by atoms with Crippen molar-refractivity contribution in [1.29, 1.82) is 0 Å². The van der Waals surface area contributed by atoms with Crippen LogP contribution in [0.1, 0.15) is 5.56 Å². The summed E-state index contributed by atoms with van der Waals surface area (Å²) in [5.41, 5.74) is 5.01. The average molecular weight is 206 g/mol. The molecule has 0 atom stereocenters. The van der Waals surface area contributed by atoms with E-state index in [1.807, 2.05) is 26.2 Å². The molecule has 15 heavy (non-hydrogen) atoms. The molecule has 0 unspecified atom stereocenters. The minimum Gasteiger partial charge on any atom is -0.378 e. The molecule has 82 valence electrons. The van der Waals surface area contributed by atoms with Gasteiger partial charge in [0.2, 0.25) is 0 Å². The summed E-state index contributed by atoms with van der Waals surface area (Å²) in [5.74, 6) is 0. The summed E-state index contributed by atoms with van der Waals surface area (Å²) >= 11 is 0. The second-order valence-electron chi connectivity index (χ2n) is 3.40. The quantitative estimate of drug-likeness (QED) is 0.588. The second kappa shape index (κ2) is 6.22. The molecule has 0 aliphatic rings. The third-order valence-electron chi connectivity index (χ3n) is 2.04. The highest BCUT2D eigenvalue weighted by Gasteiger charge is 1.92. The van der Waals surface area contributed by atoms with Crippen LogP contribution in [0.5, 0.6) is 0 Å². The number of hydrogen-bond acceptors (Lipinski definition) is 3. The second-order valence-corrected chi connectivity index (χ2v) is 3.40. The van der Waals surface area contributed by atoms with Crippen LogP contribution in [0.15, 0.2) is 30.3 Å². The molecular weight excluding hydrogens is 188 g/mol. The number of nitrogens with zero attached hydrogens (tertiary/aromatic N) is 1. The van der Waals surface area contributed by atoms with E-state index in [1.165, 1.54) is 11.3 Å². The van der Waals surface area contributed by atoms with Crippen LogP contribution in [0.3, 0.4) is 0 Å². The van der Waals surface area contributed by atoms with Crippen molar-refractivity contribution >= 4 is 11.8 Å². The lowest BCUT2D eigenvalue weighted by Gasteiger charge is -2.11. The fourth-order valence-electron chi connectivity index (χ4n) is 1.20. The van der Waals surface area contributed by atoms with Gasteiger partial charge in [0.1, 0.15) is 0 Å². The standard InChI is InChI=1S/C12H18N2O/c1-13-15-10-4-5-11-6-8-12(9-7-11)14(2)3/h4-9,13H,10H2,1-3H3/b5-4+. The van der Waals surface area contributed by atoms with Crippen molar-refractivity contribution in [2.75, 3.05) is 32.6 Å². The summed E-state index contributed by atoms with van der Waals surface area (Å²) in [6.07, 6.45) is 4.01. The maximum Gasteiger partial charge on any atom is 0.0866 e. The third-order valence-corrected chi connectivity index (χ3v) is 2.04. The first-order chi connectivity index (χ1) is 7.24. The molecule has 0 saturated heterocycles. The number of nitrogens with one attached hydrogen (secondary N) is 1. The Hall–Kier alpha value is -1.32. The molecule has 3 nitrogen and oxygen atoms in total. The predicted molar refractivity (Wildman–Crippen MR) is 64.8 cm³/mol. The van der Waals surface area contributed by atoms with Crippen molar-refractivity contribution in [3.63, 3.8) is 0 Å². The molecule has 0 heterocycles. The SMILES string of the molecule is CNOC/C=C/c1ccc(N(C)C)cc1. The van der Waals surface area contributed by atoms with Crippen molar-refractivity contribution in [3.8, 4) is 0 Å². The predicted octanol–water partition coefficient (Wildman–Crippen LogP) is 1.92. The molecule has 0 saturated carbocycles. The van der Waals surface area contributed by atoms with Gasteiger partial charge in [0.25, 0.3) is 0 Å². The van der Waals surface area contributed by atoms with Crippen molar-refractivity contribution in [3.05, 3.63) is 35.9 Å². The van der Waals surface area contributed by atoms with Gasteiger partial charge in [-0.2, -0.15) is 0 Å². The highest BCUT2D eigenvalue weighted by molar-refractivity contribution is 5.55. The van der Waals surface area contributed by atoms with Gasteiger partial charge in [0.15, 0.2) is 0 Å². The molecule has 1 N–H and O–H groups in total. The van der Waals surface area contributed by atoms with Gasteiger partial charge in [-0.15, -0.1) is 0 Å². The van der Waals surface area contributed by atoms with E-state index >= 15 is 0 Å². The summed E-state index contributed by atoms with van der Waals surface area (Å²) in [7, 11) is 5.82. The fraction of sp³-hybridized carbons (Fsp3) is 0.333. The van der Waals surface area contributed by atoms with Crippen molar-refractivity contribution in [1.82, 2.24) is 5.48 Å². The Kier molecular flexibility index (Phi) is 4.87. The van der Waals surface area contributed by atoms with E-state index in [-0.39, 0.29) is 0 Å². The molecule has 1 aromatic carbocycles. The van der Waals surface area contributed by atoms with E-state index in [9.17, 15) is 0 Å². The monoisotopic (exact) mass is 206 g/mol. The van der Waals surface area contributed by atoms with Gasteiger partial charge < -0.3 is 4.90 Å². The molecule has 0 spiro atoms. The van der Waals surface area contributed by atoms with Crippen LogP contribution in [-0.2, 0) is 4.84 Å². The Labute approximate surface area is 91.3 Å². The van der Waals surface area contributed by atoms with Crippen LogP contribution in [0.2, 0.25) is 0 Å². The first-order valence-corrected chi connectivity index (χ1v) is 4.96. The van der Waals surface area contributed by atoms with Gasteiger partial charge in [-0.25, -0.2) is 5.48 Å². The first kappa shape index (κ1) is 11.8. The lowest BCUT2D eigenvalue weighted by molar-refractivity contribution is 0.0814. The Balaban J connectivity index is 2.53. The topological polar surface area (TPSA) is 24.5 Å². The maximum atomic E-state index is 4.97. The molecule has 0 amide bonds. The summed E-state index contributed by atoms with van der Waals surface area (Å²) in [5, 5.41) is 0. The van der Waals surface area contributed by atoms with E-state index in [2.05, 4.69) is 34.6 Å². The lowest BCUT2D eigenvalue weighted by atomic mass is 10.2. The average Bonchev–Trinajstić information content (AvgIpc) is 2.25. The molecule has 0 fully saturated rings. The Morgan fingerprint density at radius 1 is 1.27 bits per heavy atom. The Bertz CT molecular complexity index is 304. The molecule has 1 rings (SSSR count). The van der Waals surface area contributed by atoms with Crippen molar-refractivity contribution in [2.45, 2.75) is 0 Å². The molecule has 0 aliphatic heterocycles. The smallest absolute Gasteiger partial charge is 0.0866 e. The molecule has 0 bridgehead atoms. The summed E-state index contributed by atoms with van der Waals surface area (Å²) in [6, 6.07) is 8.37. The summed E-state index contributed by atoms with van der Waals surface area (Å²) in [4.78, 5) is 7.05. The molecular formula is C12H18N2O. The van der Waals surface area contributed by atoms with Gasteiger partial charge in [-0.3, -0.25) is 4.84 Å². The van der Waals surface area contributed by atoms with Gasteiger partial charge in [-0.05, 0) is 17.7 Å². The number of anilines is 1. The first-order valence-electron chi connectivity index (χ1n) is 4.96. The largest absolute Gasteiger partial charge is 0.378 e. The van der Waals surface area contributed by atoms with E-state index in [0.29, 0.717) is 6.61 Å². The number of rotatable bonds is 5. The van der Waals surface area contributed by atoms with Crippen LogP contribution in [0, 0.1) is 0 Å². The molecule has 0 aromatic heterocycles. The number of hydrogen-bond donors (Lipinski definition) is 1. The Morgan fingerprint density at radius 3 is 2.47 bits per heavy atom. The zero-order valence-electron chi connectivity index (χ0n) is 9.53. The van der Waals surface area contributed by atoms with Crippen LogP contribution in [0.25, 0.3) is 6.08 Å². The van der Waals surface area contributed by atoms with Crippen molar-refractivity contribution < 1.29 is 4.84 Å². The maximum absolute atomic E-state index is 4.97. The third kappa shape index (κ3) is 4.14. The molecule has 1 aromatic rings. The van der Waals surface area contributed by atoms with E-state index in [0.717, 1.165) is 0 Å². The molecule has 0 aliphatic carbocycles. The minimum atomic E-state index is 0.575. The molecule has 3 heteroatoms. The van der Waals surface area contributed by atoms with Crippen LogP contribution < -0.4 is 10.4 Å². The van der Waals surface area contributed by atoms with Gasteiger partial charge in [0.05, 0.1) is 6.61 Å². The number of hydroxylamine groups is 1. The lowest BCUT2D eigenvalue weighted by Crippen LogP contribution is -2.08. The van der Waals surface area contributed by atoms with Gasteiger partial charge >= 0.3 is 0 Å². The van der Waals surface area contributed by atoms with Crippen LogP contribution in [0.4, 0.5) is 5.69 Å². The number of benzene rings is 1. The van der Waals surface area contributed by atoms with E-state index < -0.39 is 0 Å². The highest BCUT2D eigenvalue weighted by atomic mass is 16.6. The molecule has 0 radical (unpaired) electrons. The van der Waals surface area contributed by atoms with Crippen molar-refractivity contribution in [2.24, 2.45) is 0 Å². The fourth-order valence-corrected chi connectivity index (χ4v) is 1.20. The van der Waals surface area contributed by atoms with Gasteiger partial charge in [0, 0.05) is 26.8 Å². The highest BCUT2D eigenvalue weighted by Crippen LogP contribution is 2.12. The van der Waals surface area contributed by atoms with Crippen LogP contribution >= 0.6 is 0 Å². The normalized spacial score (nSPS) is 10.9. The summed E-state index contributed by atoms with van der Waals surface area (Å²) in [6.45, 7) is 0.575. The van der Waals surface area contributed by atoms with Gasteiger partial charge in [-0.1, -0.05) is 24.3 Å². The van der Waals surface area contributed by atoms with E-state index in [1.54, 1.807) is 7.05 Å². The summed E-state index contributed by atoms with van der Waals surface area (Å²) < 4.78 is 0.